The normalized spacial score (nSPS) is 14.6. The third-order valence-corrected chi connectivity index (χ3v) is 5.15. The highest BCUT2D eigenvalue weighted by atomic mass is 19.4. The van der Waals surface area contributed by atoms with E-state index in [1.165, 1.54) is 26.0 Å². The molecular formula is C23H23F3N2O6. The molecule has 11 heteroatoms. The largest absolute Gasteiger partial charge is 0.573 e. The highest BCUT2D eigenvalue weighted by Crippen LogP contribution is 2.32. The molecule has 0 radical (unpaired) electrons. The number of hydrogen-bond donors (Lipinski definition) is 1. The number of benzene rings is 2. The van der Waals surface area contributed by atoms with E-state index in [2.05, 4.69) is 4.74 Å². The molecule has 2 aromatic rings. The summed E-state index contributed by atoms with van der Waals surface area (Å²) in [4.78, 5) is 38.9. The Kier molecular flexibility index (Phi) is 6.50. The molecule has 1 heterocycles. The number of aryl methyl sites for hydroxylation is 2. The second-order valence-electron chi connectivity index (χ2n) is 8.37. The molecule has 1 aliphatic heterocycles. The topological polar surface area (TPSA) is 96.4 Å². The predicted octanol–water partition coefficient (Wildman–Crippen LogP) is 4.41. The molecule has 0 unspecified atom stereocenters. The lowest BCUT2D eigenvalue weighted by Crippen LogP contribution is -2.38. The van der Waals surface area contributed by atoms with E-state index in [0.29, 0.717) is 22.4 Å². The Morgan fingerprint density at radius 3 is 2.24 bits per heavy atom. The molecule has 182 valence electrons. The van der Waals surface area contributed by atoms with Gasteiger partial charge in [-0.2, -0.15) is 0 Å². The van der Waals surface area contributed by atoms with Crippen molar-refractivity contribution < 1.29 is 42.1 Å². The van der Waals surface area contributed by atoms with Crippen molar-refractivity contribution in [3.8, 4) is 11.5 Å². The van der Waals surface area contributed by atoms with Crippen LogP contribution in [0.5, 0.6) is 11.5 Å². The van der Waals surface area contributed by atoms with Gasteiger partial charge in [0.05, 0.1) is 6.54 Å². The highest BCUT2D eigenvalue weighted by Gasteiger charge is 2.38. The van der Waals surface area contributed by atoms with Crippen LogP contribution >= 0.6 is 0 Å². The molecular weight excluding hydrogens is 457 g/mol. The average Bonchev–Trinajstić information content (AvgIpc) is 2.98. The third kappa shape index (κ3) is 5.41. The molecule has 2 aromatic carbocycles. The van der Waals surface area contributed by atoms with E-state index in [1.54, 1.807) is 26.0 Å². The van der Waals surface area contributed by atoms with Crippen LogP contribution in [0.4, 0.5) is 23.7 Å². The maximum Gasteiger partial charge on any atom is 0.573 e. The predicted molar refractivity (Wildman–Crippen MR) is 115 cm³/mol. The van der Waals surface area contributed by atoms with Crippen LogP contribution < -0.4 is 14.4 Å². The van der Waals surface area contributed by atoms with Crippen LogP contribution in [-0.2, 0) is 16.1 Å². The first-order valence-electron chi connectivity index (χ1n) is 10.2. The van der Waals surface area contributed by atoms with Gasteiger partial charge in [0.15, 0.2) is 5.60 Å². The summed E-state index contributed by atoms with van der Waals surface area (Å²) in [5.41, 5.74) is 0.486. The molecule has 1 fully saturated rings. The standard InChI is InChI=1S/C23H23F3N2O6/c1-13-8-15(9-14(2)19(13)34-22(3,4)20(30)31)11-28-18(29)12-27(21(28)32)16-6-5-7-17(10-16)33-23(24,25)26/h5-10H,11-12H2,1-4H3,(H,30,31). The van der Waals surface area contributed by atoms with Gasteiger partial charge in [0, 0.05) is 11.8 Å². The maximum atomic E-state index is 12.9. The summed E-state index contributed by atoms with van der Waals surface area (Å²) >= 11 is 0. The first kappa shape index (κ1) is 24.9. The minimum Gasteiger partial charge on any atom is -0.478 e. The van der Waals surface area contributed by atoms with Crippen molar-refractivity contribution in [1.29, 1.82) is 0 Å². The summed E-state index contributed by atoms with van der Waals surface area (Å²) in [6.45, 7) is 5.88. The van der Waals surface area contributed by atoms with Crippen molar-refractivity contribution in [2.24, 2.45) is 0 Å². The Bertz CT molecular complexity index is 1120. The van der Waals surface area contributed by atoms with Crippen molar-refractivity contribution in [1.82, 2.24) is 4.90 Å². The van der Waals surface area contributed by atoms with Crippen LogP contribution in [0.2, 0.25) is 0 Å². The van der Waals surface area contributed by atoms with E-state index in [9.17, 15) is 32.7 Å². The van der Waals surface area contributed by atoms with Crippen molar-refractivity contribution >= 4 is 23.6 Å². The number of carboxylic acid groups (broad SMARTS) is 1. The molecule has 0 bridgehead atoms. The third-order valence-electron chi connectivity index (χ3n) is 5.15. The summed E-state index contributed by atoms with van der Waals surface area (Å²) in [7, 11) is 0. The van der Waals surface area contributed by atoms with Crippen molar-refractivity contribution in [2.45, 2.75) is 46.2 Å². The first-order valence-corrected chi connectivity index (χ1v) is 10.2. The van der Waals surface area contributed by atoms with Crippen molar-refractivity contribution in [3.63, 3.8) is 0 Å². The van der Waals surface area contributed by atoms with Crippen LogP contribution in [-0.4, -0.2) is 46.4 Å². The van der Waals surface area contributed by atoms with Crippen LogP contribution in [0, 0.1) is 13.8 Å². The number of rotatable bonds is 7. The number of halogens is 3. The average molecular weight is 480 g/mol. The van der Waals surface area contributed by atoms with E-state index in [4.69, 9.17) is 4.74 Å². The van der Waals surface area contributed by atoms with E-state index in [0.717, 1.165) is 21.9 Å². The van der Waals surface area contributed by atoms with Crippen LogP contribution in [0.25, 0.3) is 0 Å². The van der Waals surface area contributed by atoms with Gasteiger partial charge in [-0.05, 0) is 56.5 Å². The fraction of sp³-hybridized carbons (Fsp3) is 0.348. The van der Waals surface area contributed by atoms with Crippen LogP contribution in [0.15, 0.2) is 36.4 Å². The van der Waals surface area contributed by atoms with Gasteiger partial charge in [0.25, 0.3) is 5.91 Å². The molecule has 1 saturated heterocycles. The Morgan fingerprint density at radius 2 is 1.68 bits per heavy atom. The quantitative estimate of drug-likeness (QED) is 0.590. The molecule has 8 nitrogen and oxygen atoms in total. The summed E-state index contributed by atoms with van der Waals surface area (Å²) in [5.74, 6) is -1.77. The Morgan fingerprint density at radius 1 is 1.06 bits per heavy atom. The summed E-state index contributed by atoms with van der Waals surface area (Å²) in [6.07, 6.45) is -4.89. The number of carbonyl (C=O) groups is 3. The molecule has 0 aliphatic carbocycles. The fourth-order valence-electron chi connectivity index (χ4n) is 3.52. The van der Waals surface area contributed by atoms with Gasteiger partial charge in [0.1, 0.15) is 18.0 Å². The lowest BCUT2D eigenvalue weighted by molar-refractivity contribution is -0.274. The van der Waals surface area contributed by atoms with Crippen LogP contribution in [0.3, 0.4) is 0 Å². The molecule has 3 amide bonds. The summed E-state index contributed by atoms with van der Waals surface area (Å²) in [6, 6.07) is 7.51. The van der Waals surface area contributed by atoms with E-state index in [-0.39, 0.29) is 18.8 Å². The van der Waals surface area contributed by atoms with Gasteiger partial charge in [-0.1, -0.05) is 18.2 Å². The number of amides is 3. The summed E-state index contributed by atoms with van der Waals surface area (Å²) in [5, 5.41) is 9.30. The Hall–Kier alpha value is -3.76. The number of imide groups is 1. The number of hydrogen-bond acceptors (Lipinski definition) is 5. The second kappa shape index (κ2) is 8.88. The molecule has 0 aromatic heterocycles. The number of anilines is 1. The Balaban J connectivity index is 1.80. The van der Waals surface area contributed by atoms with Crippen molar-refractivity contribution in [3.05, 3.63) is 53.1 Å². The van der Waals surface area contributed by atoms with Gasteiger partial charge in [0.2, 0.25) is 0 Å². The van der Waals surface area contributed by atoms with Gasteiger partial charge >= 0.3 is 18.4 Å². The minimum atomic E-state index is -4.89. The lowest BCUT2D eigenvalue weighted by atomic mass is 10.0. The lowest BCUT2D eigenvalue weighted by Gasteiger charge is -2.25. The Labute approximate surface area is 193 Å². The smallest absolute Gasteiger partial charge is 0.478 e. The molecule has 0 spiro atoms. The van der Waals surface area contributed by atoms with Gasteiger partial charge in [-0.3, -0.25) is 14.6 Å². The van der Waals surface area contributed by atoms with E-state index in [1.807, 2.05) is 0 Å². The molecule has 0 saturated carbocycles. The number of alkyl halides is 3. The van der Waals surface area contributed by atoms with Crippen LogP contribution in [0.1, 0.15) is 30.5 Å². The van der Waals surface area contributed by atoms with E-state index >= 15 is 0 Å². The minimum absolute atomic E-state index is 0.0722. The first-order chi connectivity index (χ1) is 15.7. The zero-order valence-corrected chi connectivity index (χ0v) is 18.9. The number of nitrogens with zero attached hydrogens (tertiary/aromatic N) is 2. The van der Waals surface area contributed by atoms with Gasteiger partial charge in [-0.15, -0.1) is 13.2 Å². The molecule has 3 rings (SSSR count). The number of ether oxygens (including phenoxy) is 2. The number of urea groups is 1. The van der Waals surface area contributed by atoms with Crippen molar-refractivity contribution in [2.75, 3.05) is 11.4 Å². The molecule has 1 N–H and O–H groups in total. The molecule has 34 heavy (non-hydrogen) atoms. The zero-order valence-electron chi connectivity index (χ0n) is 18.9. The van der Waals surface area contributed by atoms with E-state index < -0.39 is 35.6 Å². The monoisotopic (exact) mass is 480 g/mol. The second-order valence-corrected chi connectivity index (χ2v) is 8.37. The van der Waals surface area contributed by atoms with Gasteiger partial charge < -0.3 is 14.6 Å². The molecule has 0 atom stereocenters. The zero-order chi connectivity index (χ0) is 25.4. The SMILES string of the molecule is Cc1cc(CN2C(=O)CN(c3cccc(OC(F)(F)F)c3)C2=O)cc(C)c1OC(C)(C)C(=O)O. The highest BCUT2D eigenvalue weighted by molar-refractivity contribution is 6.12. The fourth-order valence-corrected chi connectivity index (χ4v) is 3.52. The van der Waals surface area contributed by atoms with Gasteiger partial charge in [-0.25, -0.2) is 9.59 Å². The maximum absolute atomic E-state index is 12.9. The molecule has 1 aliphatic rings. The number of carboxylic acids is 1. The number of aliphatic carboxylic acids is 1. The summed E-state index contributed by atoms with van der Waals surface area (Å²) < 4.78 is 47.1. The number of carbonyl (C=O) groups excluding carboxylic acids is 2.